The van der Waals surface area contributed by atoms with Crippen molar-refractivity contribution < 1.29 is 4.79 Å². The zero-order valence-corrected chi connectivity index (χ0v) is 12.3. The Labute approximate surface area is 120 Å². The van der Waals surface area contributed by atoms with Crippen LogP contribution in [0.25, 0.3) is 5.52 Å². The minimum absolute atomic E-state index is 0.226. The molecule has 0 aliphatic heterocycles. The molecule has 0 aliphatic carbocycles. The van der Waals surface area contributed by atoms with E-state index in [0.29, 0.717) is 10.8 Å². The van der Waals surface area contributed by atoms with Crippen LogP contribution in [0.1, 0.15) is 26.9 Å². The third-order valence-electron chi connectivity index (χ3n) is 3.19. The lowest BCUT2D eigenvalue weighted by Gasteiger charge is -1.99. The molecular formula is C14H14N4OS. The molecule has 3 heterocycles. The Kier molecular flexibility index (Phi) is 3.02. The molecular weight excluding hydrogens is 272 g/mol. The number of aryl methyl sites for hydroxylation is 3. The minimum atomic E-state index is -0.226. The molecule has 3 rings (SSSR count). The highest BCUT2D eigenvalue weighted by molar-refractivity contribution is 7.15. The number of carbonyl (C=O) groups is 1. The number of nitrogens with zero attached hydrogens (tertiary/aromatic N) is 3. The number of amides is 1. The summed E-state index contributed by atoms with van der Waals surface area (Å²) in [6.45, 7) is 5.79. The predicted molar refractivity (Wildman–Crippen MR) is 79.5 cm³/mol. The second-order valence-electron chi connectivity index (χ2n) is 4.58. The number of thiazole rings is 1. The summed E-state index contributed by atoms with van der Waals surface area (Å²) in [5.41, 5.74) is 2.16. The van der Waals surface area contributed by atoms with Crippen LogP contribution in [-0.2, 0) is 0 Å². The molecule has 1 N–H and O–H groups in total. The number of fused-ring (bicyclic) bond motifs is 1. The van der Waals surface area contributed by atoms with Crippen LogP contribution in [-0.4, -0.2) is 20.3 Å². The van der Waals surface area contributed by atoms with Gasteiger partial charge >= 0.3 is 0 Å². The van der Waals surface area contributed by atoms with Gasteiger partial charge in [-0.25, -0.2) is 9.97 Å². The van der Waals surface area contributed by atoms with E-state index in [1.54, 1.807) is 0 Å². The van der Waals surface area contributed by atoms with Crippen LogP contribution in [0.5, 0.6) is 0 Å². The van der Waals surface area contributed by atoms with Gasteiger partial charge in [-0.1, -0.05) is 6.07 Å². The first-order valence-corrected chi connectivity index (χ1v) is 7.07. The van der Waals surface area contributed by atoms with E-state index in [-0.39, 0.29) is 5.91 Å². The monoisotopic (exact) mass is 286 g/mol. The van der Waals surface area contributed by atoms with Gasteiger partial charge in [-0.05, 0) is 32.9 Å². The second kappa shape index (κ2) is 4.72. The molecule has 102 valence electrons. The minimum Gasteiger partial charge on any atom is -0.303 e. The van der Waals surface area contributed by atoms with Gasteiger partial charge in [0.1, 0.15) is 5.82 Å². The molecule has 1 amide bonds. The van der Waals surface area contributed by atoms with Crippen molar-refractivity contribution in [3.05, 3.63) is 46.5 Å². The summed E-state index contributed by atoms with van der Waals surface area (Å²) >= 11 is 1.47. The van der Waals surface area contributed by atoms with Crippen LogP contribution in [0.4, 0.5) is 5.13 Å². The maximum absolute atomic E-state index is 12.3. The Morgan fingerprint density at radius 3 is 2.75 bits per heavy atom. The summed E-state index contributed by atoms with van der Waals surface area (Å²) in [6, 6.07) is 5.69. The van der Waals surface area contributed by atoms with Gasteiger partial charge in [-0.15, -0.1) is 11.3 Å². The van der Waals surface area contributed by atoms with Crippen molar-refractivity contribution in [3.8, 4) is 0 Å². The van der Waals surface area contributed by atoms with Gasteiger partial charge in [0.25, 0.3) is 5.91 Å². The Bertz CT molecular complexity index is 783. The summed E-state index contributed by atoms with van der Waals surface area (Å²) in [6.07, 6.45) is 1.89. The van der Waals surface area contributed by atoms with Crippen LogP contribution in [0.2, 0.25) is 0 Å². The third-order valence-corrected chi connectivity index (χ3v) is 4.18. The maximum Gasteiger partial charge on any atom is 0.278 e. The van der Waals surface area contributed by atoms with Gasteiger partial charge < -0.3 is 4.40 Å². The standard InChI is InChI=1S/C14H14N4OS/c1-8-9(2)20-14(15-8)17-13(19)12-11-6-4-5-7-18(11)10(3)16-12/h4-7H,1-3H3,(H,15,17,19). The molecule has 0 aliphatic rings. The topological polar surface area (TPSA) is 59.3 Å². The third kappa shape index (κ3) is 2.08. The number of carbonyl (C=O) groups excluding carboxylic acids is 1. The largest absolute Gasteiger partial charge is 0.303 e. The Hall–Kier alpha value is -2.21. The molecule has 0 saturated heterocycles. The van der Waals surface area contributed by atoms with Gasteiger partial charge in [-0.2, -0.15) is 0 Å². The molecule has 0 aromatic carbocycles. The molecule has 0 bridgehead atoms. The molecule has 5 nitrogen and oxygen atoms in total. The number of nitrogens with one attached hydrogen (secondary N) is 1. The van der Waals surface area contributed by atoms with E-state index in [1.165, 1.54) is 11.3 Å². The van der Waals surface area contributed by atoms with Crippen molar-refractivity contribution in [3.63, 3.8) is 0 Å². The van der Waals surface area contributed by atoms with E-state index in [1.807, 2.05) is 49.6 Å². The number of anilines is 1. The van der Waals surface area contributed by atoms with Crippen LogP contribution in [0, 0.1) is 20.8 Å². The second-order valence-corrected chi connectivity index (χ2v) is 5.78. The van der Waals surface area contributed by atoms with Crippen LogP contribution < -0.4 is 5.32 Å². The average Bonchev–Trinajstić information content (AvgIpc) is 2.91. The Balaban J connectivity index is 1.97. The van der Waals surface area contributed by atoms with E-state index >= 15 is 0 Å². The van der Waals surface area contributed by atoms with Gasteiger partial charge in [0, 0.05) is 11.1 Å². The van der Waals surface area contributed by atoms with Gasteiger partial charge in [0.15, 0.2) is 10.8 Å². The first kappa shape index (κ1) is 12.8. The lowest BCUT2D eigenvalue weighted by Crippen LogP contribution is -2.12. The fourth-order valence-corrected chi connectivity index (χ4v) is 2.85. The van der Waals surface area contributed by atoms with Crippen molar-refractivity contribution in [1.29, 1.82) is 0 Å². The molecule has 0 fully saturated rings. The SMILES string of the molecule is Cc1nc(NC(=O)c2nc(C)n3ccccc23)sc1C. The number of pyridine rings is 1. The van der Waals surface area contributed by atoms with Gasteiger partial charge in [0.2, 0.25) is 0 Å². The normalized spacial score (nSPS) is 10.9. The summed E-state index contributed by atoms with van der Waals surface area (Å²) in [7, 11) is 0. The quantitative estimate of drug-likeness (QED) is 0.788. The van der Waals surface area contributed by atoms with E-state index in [2.05, 4.69) is 15.3 Å². The molecule has 0 spiro atoms. The maximum atomic E-state index is 12.3. The van der Waals surface area contributed by atoms with Crippen molar-refractivity contribution in [2.24, 2.45) is 0 Å². The number of rotatable bonds is 2. The molecule has 0 unspecified atom stereocenters. The molecule has 20 heavy (non-hydrogen) atoms. The predicted octanol–water partition coefficient (Wildman–Crippen LogP) is 2.97. The highest BCUT2D eigenvalue weighted by Crippen LogP contribution is 2.22. The fourth-order valence-electron chi connectivity index (χ4n) is 2.04. The number of aromatic nitrogens is 3. The first-order chi connectivity index (χ1) is 9.56. The number of hydrogen-bond donors (Lipinski definition) is 1. The number of hydrogen-bond acceptors (Lipinski definition) is 4. The Morgan fingerprint density at radius 2 is 2.05 bits per heavy atom. The van der Waals surface area contributed by atoms with Gasteiger partial charge in [0.05, 0.1) is 11.2 Å². The van der Waals surface area contributed by atoms with Gasteiger partial charge in [-0.3, -0.25) is 10.1 Å². The zero-order valence-electron chi connectivity index (χ0n) is 11.5. The van der Waals surface area contributed by atoms with E-state index in [4.69, 9.17) is 0 Å². The summed E-state index contributed by atoms with van der Waals surface area (Å²) in [5.74, 6) is 0.563. The Morgan fingerprint density at radius 1 is 1.25 bits per heavy atom. The lowest BCUT2D eigenvalue weighted by atomic mass is 10.3. The van der Waals surface area contributed by atoms with E-state index in [9.17, 15) is 4.79 Å². The zero-order chi connectivity index (χ0) is 14.3. The summed E-state index contributed by atoms with van der Waals surface area (Å²) < 4.78 is 1.90. The average molecular weight is 286 g/mol. The van der Waals surface area contributed by atoms with Crippen molar-refractivity contribution in [1.82, 2.24) is 14.4 Å². The molecule has 0 atom stereocenters. The van der Waals surface area contributed by atoms with E-state index < -0.39 is 0 Å². The first-order valence-electron chi connectivity index (χ1n) is 6.25. The highest BCUT2D eigenvalue weighted by atomic mass is 32.1. The van der Waals surface area contributed by atoms with Crippen molar-refractivity contribution in [2.75, 3.05) is 5.32 Å². The molecule has 3 aromatic heterocycles. The lowest BCUT2D eigenvalue weighted by molar-refractivity contribution is 0.102. The summed E-state index contributed by atoms with van der Waals surface area (Å²) in [4.78, 5) is 22.1. The van der Waals surface area contributed by atoms with E-state index in [0.717, 1.165) is 21.9 Å². The highest BCUT2D eigenvalue weighted by Gasteiger charge is 2.17. The van der Waals surface area contributed by atoms with Crippen molar-refractivity contribution in [2.45, 2.75) is 20.8 Å². The smallest absolute Gasteiger partial charge is 0.278 e. The molecule has 0 saturated carbocycles. The molecule has 0 radical (unpaired) electrons. The van der Waals surface area contributed by atoms with Crippen LogP contribution in [0.15, 0.2) is 24.4 Å². The van der Waals surface area contributed by atoms with Crippen molar-refractivity contribution >= 4 is 27.9 Å². The van der Waals surface area contributed by atoms with Crippen LogP contribution in [0.3, 0.4) is 0 Å². The molecule has 6 heteroatoms. The fraction of sp³-hybridized carbons (Fsp3) is 0.214. The molecule has 3 aromatic rings. The summed E-state index contributed by atoms with van der Waals surface area (Å²) in [5, 5.41) is 3.43. The number of imidazole rings is 1. The van der Waals surface area contributed by atoms with Crippen LogP contribution >= 0.6 is 11.3 Å².